The standard InChI is InChI=1S/C23H22N4O6/c28-22(13-11-17-5-1-3-7-20(17)26(30)31)24-15-19(16-9-10-16)25-23(29)14-12-18-6-2-4-8-21(18)27(32)33/h1-8,11-14,16,19H,9-10,15H2,(H,24,28)(H,25,29)/b13-11+,14-12+. The molecular formula is C23H22N4O6. The van der Waals surface area contributed by atoms with Crippen molar-refractivity contribution in [1.82, 2.24) is 10.6 Å². The molecule has 1 fully saturated rings. The molecule has 10 heteroatoms. The first-order chi connectivity index (χ1) is 15.8. The van der Waals surface area contributed by atoms with E-state index in [1.807, 2.05) is 0 Å². The van der Waals surface area contributed by atoms with E-state index in [4.69, 9.17) is 0 Å². The number of hydrogen-bond donors (Lipinski definition) is 2. The zero-order valence-corrected chi connectivity index (χ0v) is 17.5. The van der Waals surface area contributed by atoms with Crippen LogP contribution in [0.1, 0.15) is 24.0 Å². The molecule has 2 N–H and O–H groups in total. The van der Waals surface area contributed by atoms with Gasteiger partial charge in [0.1, 0.15) is 0 Å². The Bertz CT molecular complexity index is 1120. The van der Waals surface area contributed by atoms with Gasteiger partial charge in [-0.05, 0) is 43.0 Å². The Morgan fingerprint density at radius 3 is 1.85 bits per heavy atom. The second kappa shape index (κ2) is 10.8. The summed E-state index contributed by atoms with van der Waals surface area (Å²) in [5, 5.41) is 27.7. The van der Waals surface area contributed by atoms with Crippen molar-refractivity contribution in [3.8, 4) is 0 Å². The van der Waals surface area contributed by atoms with Crippen molar-refractivity contribution in [3.05, 3.63) is 92.0 Å². The molecule has 1 aliphatic carbocycles. The first-order valence-electron chi connectivity index (χ1n) is 10.3. The molecule has 0 spiro atoms. The fraction of sp³-hybridized carbons (Fsp3) is 0.217. The maximum atomic E-state index is 12.3. The van der Waals surface area contributed by atoms with E-state index >= 15 is 0 Å². The van der Waals surface area contributed by atoms with Crippen LogP contribution in [0.5, 0.6) is 0 Å². The normalized spacial score (nSPS) is 14.2. The summed E-state index contributed by atoms with van der Waals surface area (Å²) in [5.74, 6) is -0.633. The first kappa shape index (κ1) is 23.3. The van der Waals surface area contributed by atoms with Crippen molar-refractivity contribution >= 4 is 35.3 Å². The summed E-state index contributed by atoms with van der Waals surface area (Å²) in [6.07, 6.45) is 7.02. The molecular weight excluding hydrogens is 428 g/mol. The van der Waals surface area contributed by atoms with Crippen molar-refractivity contribution in [2.75, 3.05) is 6.54 Å². The minimum atomic E-state index is -0.520. The van der Waals surface area contributed by atoms with Gasteiger partial charge >= 0.3 is 0 Å². The second-order valence-corrected chi connectivity index (χ2v) is 7.50. The number of hydrogen-bond acceptors (Lipinski definition) is 6. The van der Waals surface area contributed by atoms with E-state index in [-0.39, 0.29) is 29.9 Å². The van der Waals surface area contributed by atoms with E-state index in [1.165, 1.54) is 36.4 Å². The molecule has 0 bridgehead atoms. The molecule has 0 heterocycles. The molecule has 170 valence electrons. The summed E-state index contributed by atoms with van der Waals surface area (Å²) in [6.45, 7) is 0.190. The van der Waals surface area contributed by atoms with Gasteiger partial charge in [0.25, 0.3) is 11.4 Å². The van der Waals surface area contributed by atoms with Crippen molar-refractivity contribution in [2.24, 2.45) is 5.92 Å². The van der Waals surface area contributed by atoms with E-state index in [1.54, 1.807) is 36.4 Å². The van der Waals surface area contributed by atoms with E-state index in [0.29, 0.717) is 11.1 Å². The van der Waals surface area contributed by atoms with Crippen LogP contribution in [0.15, 0.2) is 60.7 Å². The molecule has 10 nitrogen and oxygen atoms in total. The molecule has 1 unspecified atom stereocenters. The van der Waals surface area contributed by atoms with Crippen molar-refractivity contribution in [1.29, 1.82) is 0 Å². The number of nitro benzene ring substituents is 2. The molecule has 0 saturated heterocycles. The molecule has 2 aromatic carbocycles. The van der Waals surface area contributed by atoms with E-state index in [0.717, 1.165) is 12.8 Å². The number of carbonyl (C=O) groups excluding carboxylic acids is 2. The van der Waals surface area contributed by atoms with Gasteiger partial charge in [-0.15, -0.1) is 0 Å². The Labute approximate surface area is 189 Å². The fourth-order valence-corrected chi connectivity index (χ4v) is 3.25. The monoisotopic (exact) mass is 450 g/mol. The van der Waals surface area contributed by atoms with Gasteiger partial charge < -0.3 is 10.6 Å². The van der Waals surface area contributed by atoms with Crippen LogP contribution in [0.25, 0.3) is 12.2 Å². The number of carbonyl (C=O) groups is 2. The lowest BCUT2D eigenvalue weighted by Crippen LogP contribution is -2.44. The first-order valence-corrected chi connectivity index (χ1v) is 10.3. The topological polar surface area (TPSA) is 144 Å². The van der Waals surface area contributed by atoms with Crippen LogP contribution in [-0.2, 0) is 9.59 Å². The van der Waals surface area contributed by atoms with Crippen LogP contribution in [0.4, 0.5) is 11.4 Å². The molecule has 33 heavy (non-hydrogen) atoms. The molecule has 2 aromatic rings. The quantitative estimate of drug-likeness (QED) is 0.323. The molecule has 0 aromatic heterocycles. The highest BCUT2D eigenvalue weighted by Gasteiger charge is 2.32. The number of nitrogens with zero attached hydrogens (tertiary/aromatic N) is 2. The Kier molecular flexibility index (Phi) is 7.64. The summed E-state index contributed by atoms with van der Waals surface area (Å²) in [6, 6.07) is 11.9. The van der Waals surface area contributed by atoms with Gasteiger partial charge in [0.2, 0.25) is 11.8 Å². The smallest absolute Gasteiger partial charge is 0.276 e. The van der Waals surface area contributed by atoms with Gasteiger partial charge in [0, 0.05) is 36.9 Å². The third kappa shape index (κ3) is 6.82. The average Bonchev–Trinajstić information content (AvgIpc) is 3.64. The largest absolute Gasteiger partial charge is 0.350 e. The zero-order valence-electron chi connectivity index (χ0n) is 17.5. The average molecular weight is 450 g/mol. The number of benzene rings is 2. The highest BCUT2D eigenvalue weighted by Crippen LogP contribution is 2.32. The molecule has 1 aliphatic rings. The van der Waals surface area contributed by atoms with Crippen molar-refractivity contribution < 1.29 is 19.4 Å². The maximum Gasteiger partial charge on any atom is 0.276 e. The van der Waals surface area contributed by atoms with Crippen LogP contribution >= 0.6 is 0 Å². The maximum absolute atomic E-state index is 12.3. The van der Waals surface area contributed by atoms with Crippen LogP contribution in [0, 0.1) is 26.1 Å². The lowest BCUT2D eigenvalue weighted by Gasteiger charge is -2.17. The summed E-state index contributed by atoms with van der Waals surface area (Å²) >= 11 is 0. The Hall–Kier alpha value is -4.34. The van der Waals surface area contributed by atoms with Crippen molar-refractivity contribution in [3.63, 3.8) is 0 Å². The minimum Gasteiger partial charge on any atom is -0.350 e. The van der Waals surface area contributed by atoms with Gasteiger partial charge in [-0.25, -0.2) is 0 Å². The van der Waals surface area contributed by atoms with Crippen molar-refractivity contribution in [2.45, 2.75) is 18.9 Å². The van der Waals surface area contributed by atoms with Gasteiger partial charge in [-0.2, -0.15) is 0 Å². The number of nitrogens with one attached hydrogen (secondary N) is 2. The third-order valence-corrected chi connectivity index (χ3v) is 5.11. The summed E-state index contributed by atoms with van der Waals surface area (Å²) in [5.41, 5.74) is 0.423. The molecule has 0 radical (unpaired) electrons. The van der Waals surface area contributed by atoms with Crippen LogP contribution in [0.2, 0.25) is 0 Å². The van der Waals surface area contributed by atoms with Gasteiger partial charge in [-0.1, -0.05) is 24.3 Å². The molecule has 2 amide bonds. The molecule has 1 atom stereocenters. The summed E-state index contributed by atoms with van der Waals surface area (Å²) in [4.78, 5) is 45.6. The Morgan fingerprint density at radius 1 is 0.879 bits per heavy atom. The lowest BCUT2D eigenvalue weighted by molar-refractivity contribution is -0.385. The van der Waals surface area contributed by atoms with Crippen LogP contribution in [0.3, 0.4) is 0 Å². The highest BCUT2D eigenvalue weighted by molar-refractivity contribution is 5.93. The molecule has 0 aliphatic heterocycles. The van der Waals surface area contributed by atoms with Gasteiger partial charge in [-0.3, -0.25) is 29.8 Å². The van der Waals surface area contributed by atoms with E-state index < -0.39 is 21.7 Å². The Morgan fingerprint density at radius 2 is 1.36 bits per heavy atom. The minimum absolute atomic E-state index is 0.0991. The highest BCUT2D eigenvalue weighted by atomic mass is 16.6. The summed E-state index contributed by atoms with van der Waals surface area (Å²) in [7, 11) is 0. The number of nitro groups is 2. The van der Waals surface area contributed by atoms with E-state index in [2.05, 4.69) is 10.6 Å². The second-order valence-electron chi connectivity index (χ2n) is 7.50. The van der Waals surface area contributed by atoms with Gasteiger partial charge in [0.15, 0.2) is 0 Å². The lowest BCUT2D eigenvalue weighted by atomic mass is 10.1. The number of amides is 2. The number of para-hydroxylation sites is 2. The molecule has 3 rings (SSSR count). The summed E-state index contributed by atoms with van der Waals surface area (Å²) < 4.78 is 0. The molecule has 1 saturated carbocycles. The Balaban J connectivity index is 1.56. The number of rotatable bonds is 10. The SMILES string of the molecule is O=C(/C=C/c1ccccc1[N+](=O)[O-])NCC(NC(=O)/C=C/c1ccccc1[N+](=O)[O-])C1CC1. The van der Waals surface area contributed by atoms with Crippen LogP contribution < -0.4 is 10.6 Å². The zero-order chi connectivity index (χ0) is 23.8. The fourth-order valence-electron chi connectivity index (χ4n) is 3.25. The van der Waals surface area contributed by atoms with E-state index in [9.17, 15) is 29.8 Å². The third-order valence-electron chi connectivity index (χ3n) is 5.11. The van der Waals surface area contributed by atoms with Gasteiger partial charge in [0.05, 0.1) is 21.0 Å². The van der Waals surface area contributed by atoms with Crippen LogP contribution in [-0.4, -0.2) is 34.2 Å². The predicted octanol–water partition coefficient (Wildman–Crippen LogP) is 3.24. The predicted molar refractivity (Wildman–Crippen MR) is 122 cm³/mol.